The first-order chi connectivity index (χ1) is 12.0. The molecule has 4 N–H and O–H groups in total. The fraction of sp³-hybridized carbons (Fsp3) is 0.250. The van der Waals surface area contributed by atoms with Crippen molar-refractivity contribution < 1.29 is 29.3 Å². The first-order valence-corrected chi connectivity index (χ1v) is 7.59. The zero-order valence-electron chi connectivity index (χ0n) is 13.2. The van der Waals surface area contributed by atoms with Crippen LogP contribution in [0.2, 0.25) is 0 Å². The van der Waals surface area contributed by atoms with E-state index in [-0.39, 0.29) is 17.4 Å². The Labute approximate surface area is 142 Å². The Morgan fingerprint density at radius 3 is 2.16 bits per heavy atom. The number of furan rings is 1. The van der Waals surface area contributed by atoms with E-state index in [0.29, 0.717) is 26.2 Å². The number of hydrogen-bond acceptors (Lipinski definition) is 6. The van der Waals surface area contributed by atoms with Crippen molar-refractivity contribution in [1.82, 2.24) is 9.80 Å². The van der Waals surface area contributed by atoms with Crippen molar-refractivity contribution in [2.45, 2.75) is 0 Å². The molecule has 9 heteroatoms. The van der Waals surface area contributed by atoms with Crippen LogP contribution < -0.4 is 5.32 Å². The number of phenolic OH excluding ortho intramolecular Hbond substituents is 3. The minimum Gasteiger partial charge on any atom is -0.504 e. The van der Waals surface area contributed by atoms with Gasteiger partial charge in [0.2, 0.25) is 0 Å². The van der Waals surface area contributed by atoms with Gasteiger partial charge in [0.15, 0.2) is 23.0 Å². The number of aromatic hydroxyl groups is 3. The van der Waals surface area contributed by atoms with Crippen LogP contribution in [0.5, 0.6) is 17.2 Å². The largest absolute Gasteiger partial charge is 0.504 e. The average molecular weight is 347 g/mol. The Morgan fingerprint density at radius 2 is 1.60 bits per heavy atom. The summed E-state index contributed by atoms with van der Waals surface area (Å²) in [5.74, 6) is -1.69. The van der Waals surface area contributed by atoms with Crippen LogP contribution >= 0.6 is 0 Å². The van der Waals surface area contributed by atoms with Gasteiger partial charge in [-0.2, -0.15) is 0 Å². The fourth-order valence-electron chi connectivity index (χ4n) is 2.55. The Balaban J connectivity index is 1.58. The summed E-state index contributed by atoms with van der Waals surface area (Å²) in [7, 11) is 0. The van der Waals surface area contributed by atoms with Crippen molar-refractivity contribution in [3.8, 4) is 17.2 Å². The van der Waals surface area contributed by atoms with Crippen molar-refractivity contribution in [3.63, 3.8) is 0 Å². The van der Waals surface area contributed by atoms with Gasteiger partial charge in [0.05, 0.1) is 12.0 Å². The molecule has 9 nitrogen and oxygen atoms in total. The maximum atomic E-state index is 12.2. The van der Waals surface area contributed by atoms with Crippen LogP contribution in [-0.2, 0) is 0 Å². The third kappa shape index (κ3) is 3.44. The number of anilines is 1. The molecule has 3 amide bonds. The summed E-state index contributed by atoms with van der Waals surface area (Å²) in [6, 6.07) is 5.05. The SMILES string of the molecule is O=C(Nc1cc(O)c(O)c(O)c1)N1CCN(C(=O)c2ccco2)CC1. The van der Waals surface area contributed by atoms with Gasteiger partial charge in [-0.15, -0.1) is 0 Å². The zero-order chi connectivity index (χ0) is 18.0. The Bertz CT molecular complexity index is 758. The molecule has 0 atom stereocenters. The molecule has 25 heavy (non-hydrogen) atoms. The van der Waals surface area contributed by atoms with Crippen molar-refractivity contribution in [1.29, 1.82) is 0 Å². The second kappa shape index (κ2) is 6.63. The van der Waals surface area contributed by atoms with Gasteiger partial charge in [-0.05, 0) is 12.1 Å². The molecule has 0 saturated carbocycles. The smallest absolute Gasteiger partial charge is 0.321 e. The van der Waals surface area contributed by atoms with Crippen molar-refractivity contribution in [3.05, 3.63) is 36.3 Å². The molecule has 2 aromatic rings. The number of urea groups is 1. The minimum atomic E-state index is -0.650. The highest BCUT2D eigenvalue weighted by molar-refractivity contribution is 5.92. The molecule has 1 aliphatic heterocycles. The molecule has 2 heterocycles. The summed E-state index contributed by atoms with van der Waals surface area (Å²) >= 11 is 0. The Hall–Kier alpha value is -3.36. The van der Waals surface area contributed by atoms with E-state index >= 15 is 0 Å². The molecule has 1 aromatic carbocycles. The van der Waals surface area contributed by atoms with Gasteiger partial charge >= 0.3 is 6.03 Å². The quantitative estimate of drug-likeness (QED) is 0.480. The van der Waals surface area contributed by atoms with Crippen molar-refractivity contribution in [2.75, 3.05) is 31.5 Å². The molecular formula is C16H17N3O6. The first kappa shape index (κ1) is 16.5. The third-order valence-electron chi connectivity index (χ3n) is 3.91. The number of benzene rings is 1. The van der Waals surface area contributed by atoms with E-state index < -0.39 is 23.3 Å². The number of nitrogens with zero attached hydrogens (tertiary/aromatic N) is 2. The van der Waals surface area contributed by atoms with Crippen LogP contribution in [0.4, 0.5) is 10.5 Å². The summed E-state index contributed by atoms with van der Waals surface area (Å²) in [6.07, 6.45) is 1.43. The van der Waals surface area contributed by atoms with Crippen LogP contribution in [0.15, 0.2) is 34.9 Å². The maximum Gasteiger partial charge on any atom is 0.321 e. The van der Waals surface area contributed by atoms with Crippen LogP contribution in [-0.4, -0.2) is 63.2 Å². The van der Waals surface area contributed by atoms with E-state index in [1.807, 2.05) is 0 Å². The molecule has 0 spiro atoms. The highest BCUT2D eigenvalue weighted by atomic mass is 16.3. The van der Waals surface area contributed by atoms with E-state index in [9.17, 15) is 24.9 Å². The summed E-state index contributed by atoms with van der Waals surface area (Å²) in [6.45, 7) is 1.38. The van der Waals surface area contributed by atoms with Gasteiger partial charge in [0, 0.05) is 38.3 Å². The fourth-order valence-corrected chi connectivity index (χ4v) is 2.55. The van der Waals surface area contributed by atoms with Crippen LogP contribution in [0.25, 0.3) is 0 Å². The molecular weight excluding hydrogens is 330 g/mol. The predicted molar refractivity (Wildman–Crippen MR) is 86.6 cm³/mol. The van der Waals surface area contributed by atoms with E-state index in [4.69, 9.17) is 4.42 Å². The number of piperazine rings is 1. The lowest BCUT2D eigenvalue weighted by Gasteiger charge is -2.34. The van der Waals surface area contributed by atoms with E-state index in [2.05, 4.69) is 5.32 Å². The third-order valence-corrected chi connectivity index (χ3v) is 3.91. The van der Waals surface area contributed by atoms with E-state index in [0.717, 1.165) is 12.1 Å². The molecule has 132 valence electrons. The summed E-state index contributed by atoms with van der Waals surface area (Å²) in [4.78, 5) is 27.5. The standard InChI is InChI=1S/C16H17N3O6/c20-11-8-10(9-12(21)14(11)22)17-16(24)19-5-3-18(4-6-19)15(23)13-2-1-7-25-13/h1-2,7-9,20-22H,3-6H2,(H,17,24). The van der Waals surface area contributed by atoms with Crippen LogP contribution in [0.1, 0.15) is 10.6 Å². The second-order valence-corrected chi connectivity index (χ2v) is 5.55. The number of carbonyl (C=O) groups is 2. The summed E-state index contributed by atoms with van der Waals surface area (Å²) in [5, 5.41) is 30.8. The normalized spacial score (nSPS) is 14.4. The van der Waals surface area contributed by atoms with E-state index in [1.165, 1.54) is 11.2 Å². The number of hydrogen-bond donors (Lipinski definition) is 4. The zero-order valence-corrected chi connectivity index (χ0v) is 13.2. The Kier molecular flexibility index (Phi) is 4.38. The van der Waals surface area contributed by atoms with Crippen LogP contribution in [0.3, 0.4) is 0 Å². The average Bonchev–Trinajstić information content (AvgIpc) is 3.13. The highest BCUT2D eigenvalue weighted by Crippen LogP contribution is 2.37. The number of phenols is 3. The van der Waals surface area contributed by atoms with Gasteiger partial charge in [0.25, 0.3) is 5.91 Å². The number of carbonyl (C=O) groups excluding carboxylic acids is 2. The molecule has 0 radical (unpaired) electrons. The molecule has 1 saturated heterocycles. The number of nitrogens with one attached hydrogen (secondary N) is 1. The molecule has 1 fully saturated rings. The minimum absolute atomic E-state index is 0.145. The van der Waals surface area contributed by atoms with Gasteiger partial charge < -0.3 is 34.9 Å². The monoisotopic (exact) mass is 347 g/mol. The Morgan fingerprint density at radius 1 is 1.00 bits per heavy atom. The maximum absolute atomic E-state index is 12.2. The lowest BCUT2D eigenvalue weighted by molar-refractivity contribution is 0.0640. The molecule has 3 rings (SSSR count). The molecule has 0 bridgehead atoms. The summed E-state index contributed by atoms with van der Waals surface area (Å²) in [5.41, 5.74) is 0.145. The molecule has 1 aliphatic rings. The van der Waals surface area contributed by atoms with Crippen LogP contribution in [0, 0.1) is 0 Å². The highest BCUT2D eigenvalue weighted by Gasteiger charge is 2.26. The van der Waals surface area contributed by atoms with Gasteiger partial charge in [-0.25, -0.2) is 4.79 Å². The van der Waals surface area contributed by atoms with Gasteiger partial charge in [0.1, 0.15) is 0 Å². The predicted octanol–water partition coefficient (Wildman–Crippen LogP) is 1.39. The number of rotatable bonds is 2. The number of amides is 3. The molecule has 1 aromatic heterocycles. The second-order valence-electron chi connectivity index (χ2n) is 5.55. The van der Waals surface area contributed by atoms with E-state index in [1.54, 1.807) is 17.0 Å². The van der Waals surface area contributed by atoms with Gasteiger partial charge in [-0.1, -0.05) is 0 Å². The van der Waals surface area contributed by atoms with Crippen molar-refractivity contribution >= 4 is 17.6 Å². The lowest BCUT2D eigenvalue weighted by Crippen LogP contribution is -2.51. The molecule has 0 unspecified atom stereocenters. The van der Waals surface area contributed by atoms with Gasteiger partial charge in [-0.3, -0.25) is 4.79 Å². The topological polar surface area (TPSA) is 126 Å². The summed E-state index contributed by atoms with van der Waals surface area (Å²) < 4.78 is 5.08. The lowest BCUT2D eigenvalue weighted by atomic mass is 10.2. The molecule has 0 aliphatic carbocycles. The first-order valence-electron chi connectivity index (χ1n) is 7.59. The van der Waals surface area contributed by atoms with Crippen molar-refractivity contribution in [2.24, 2.45) is 0 Å².